The minimum absolute atomic E-state index is 0.0277. The SMILES string of the molecule is CC(=O)S.CC(=O)SC1CCC(CC(=O)OC(C)(C)C)CC1.CC(C)(C)OC(=O)CC1CCC(O)CC1.CC(C)(C)OC(=O)CC1CCC(OS(C)(=O)=O)CC1.CC(C)(C)OC(=O)CC1CCC(S(C)(=O)=O)CC1.CS(=O)(=O)Cl.CSC1CCC(CC(=O)OC(C)(C)C)CC1. The van der Waals surface area contributed by atoms with Crippen LogP contribution in [0.4, 0.5) is 0 Å². The number of hydrogen-bond donors (Lipinski definition) is 2. The number of sulfone groups is 1. The van der Waals surface area contributed by atoms with Crippen LogP contribution in [0.1, 0.15) is 278 Å². The molecule has 0 aromatic carbocycles. The predicted octanol–water partition coefficient (Wildman–Crippen LogP) is 14.7. The highest BCUT2D eigenvalue weighted by atomic mass is 35.7. The maximum Gasteiger partial charge on any atom is 0.306 e. The molecule has 0 aliphatic heterocycles. The molecule has 20 nitrogen and oxygen atoms in total. The van der Waals surface area contributed by atoms with Crippen LogP contribution < -0.4 is 0 Å². The Morgan fingerprint density at radius 3 is 0.853 bits per heavy atom. The van der Waals surface area contributed by atoms with Crippen LogP contribution in [0, 0.1) is 29.6 Å². The molecule has 0 aromatic heterocycles. The third-order valence-electron chi connectivity index (χ3n) is 15.0. The average molecular weight is 1490 g/mol. The van der Waals surface area contributed by atoms with Crippen molar-refractivity contribution >= 4 is 116 Å². The fourth-order valence-corrected chi connectivity index (χ4v) is 14.7. The summed E-state index contributed by atoms with van der Waals surface area (Å²) in [4.78, 5) is 78.6. The second-order valence-electron chi connectivity index (χ2n) is 30.9. The molecule has 5 fully saturated rings. The summed E-state index contributed by atoms with van der Waals surface area (Å²) in [5.74, 6) is 1.36. The molecule has 27 heteroatoms. The number of rotatable bonds is 15. The zero-order chi connectivity index (χ0) is 74.1. The van der Waals surface area contributed by atoms with Gasteiger partial charge in [-0.05, 0) is 268 Å². The fraction of sp³-hybridized carbons (Fsp3) is 0.897. The molecule has 5 aliphatic carbocycles. The van der Waals surface area contributed by atoms with Gasteiger partial charge in [-0.1, -0.05) is 11.8 Å². The lowest BCUT2D eigenvalue weighted by Gasteiger charge is -2.28. The Bertz CT molecular complexity index is 2600. The predicted molar refractivity (Wildman–Crippen MR) is 386 cm³/mol. The quantitative estimate of drug-likeness (QED) is 0.0506. The van der Waals surface area contributed by atoms with Gasteiger partial charge in [0, 0.05) is 73.4 Å². The summed E-state index contributed by atoms with van der Waals surface area (Å²) in [5.41, 5.74) is -2.01. The fourth-order valence-electron chi connectivity index (χ4n) is 11.1. The van der Waals surface area contributed by atoms with Gasteiger partial charge in [0.1, 0.15) is 37.8 Å². The minimum atomic E-state index is -3.38. The lowest BCUT2D eigenvalue weighted by atomic mass is 9.85. The van der Waals surface area contributed by atoms with Crippen molar-refractivity contribution in [1.29, 1.82) is 0 Å². The Kier molecular flexibility index (Phi) is 44.9. The van der Waals surface area contributed by atoms with Crippen LogP contribution in [0.15, 0.2) is 0 Å². The van der Waals surface area contributed by atoms with Gasteiger partial charge in [0.05, 0.1) is 30.0 Å². The summed E-state index contributed by atoms with van der Waals surface area (Å²) in [7, 11) is -4.99. The van der Waals surface area contributed by atoms with E-state index >= 15 is 0 Å². The van der Waals surface area contributed by atoms with Crippen molar-refractivity contribution in [3.8, 4) is 0 Å². The van der Waals surface area contributed by atoms with Crippen molar-refractivity contribution in [3.05, 3.63) is 0 Å². The van der Waals surface area contributed by atoms with Gasteiger partial charge in [0.15, 0.2) is 10.2 Å². The Labute approximate surface area is 592 Å². The van der Waals surface area contributed by atoms with Gasteiger partial charge in [-0.3, -0.25) is 37.7 Å². The first-order valence-corrected chi connectivity index (χ1v) is 42.6. The van der Waals surface area contributed by atoms with Crippen molar-refractivity contribution in [2.75, 3.05) is 25.0 Å². The lowest BCUT2D eigenvalue weighted by Crippen LogP contribution is -2.29. The highest BCUT2D eigenvalue weighted by Gasteiger charge is 2.33. The molecule has 560 valence electrons. The van der Waals surface area contributed by atoms with E-state index in [0.29, 0.717) is 80.8 Å². The van der Waals surface area contributed by atoms with Gasteiger partial charge in [-0.25, -0.2) is 16.8 Å². The van der Waals surface area contributed by atoms with Crippen molar-refractivity contribution in [2.24, 2.45) is 29.6 Å². The number of thioether (sulfide) groups is 2. The van der Waals surface area contributed by atoms with Gasteiger partial charge in [-0.15, -0.1) is 12.6 Å². The van der Waals surface area contributed by atoms with Gasteiger partial charge in [0.2, 0.25) is 9.05 Å². The summed E-state index contributed by atoms with van der Waals surface area (Å²) in [6.45, 7) is 31.2. The van der Waals surface area contributed by atoms with E-state index in [1.54, 1.807) is 6.92 Å². The molecule has 0 aromatic rings. The summed E-state index contributed by atoms with van der Waals surface area (Å²) in [5, 5.41) is 10.4. The van der Waals surface area contributed by atoms with Crippen molar-refractivity contribution in [2.45, 2.75) is 334 Å². The molecular weight excluding hydrogens is 1360 g/mol. The third kappa shape index (κ3) is 61.4. The maximum absolute atomic E-state index is 11.7. The Hall–Kier alpha value is -2.20. The van der Waals surface area contributed by atoms with Crippen molar-refractivity contribution < 1.29 is 91.8 Å². The average Bonchev–Trinajstić information content (AvgIpc) is 0.883. The second-order valence-corrected chi connectivity index (χ2v) is 41.1. The van der Waals surface area contributed by atoms with Gasteiger partial charge in [0.25, 0.3) is 10.1 Å². The van der Waals surface area contributed by atoms with E-state index in [9.17, 15) is 63.9 Å². The second kappa shape index (κ2) is 44.9. The lowest BCUT2D eigenvalue weighted by molar-refractivity contribution is -0.157. The molecule has 0 heterocycles. The van der Waals surface area contributed by atoms with Crippen LogP contribution in [-0.2, 0) is 90.4 Å². The summed E-state index contributed by atoms with van der Waals surface area (Å²) < 4.78 is 95.1. The number of esters is 5. The zero-order valence-electron chi connectivity index (χ0n) is 61.5. The molecular formula is C68H125ClO20S6. The van der Waals surface area contributed by atoms with Gasteiger partial charge in [-0.2, -0.15) is 20.2 Å². The first-order valence-electron chi connectivity index (χ1n) is 33.5. The number of hydrogen-bond acceptors (Lipinski definition) is 22. The number of carbonyl (C=O) groups excluding carboxylic acids is 7. The van der Waals surface area contributed by atoms with Crippen LogP contribution in [0.3, 0.4) is 0 Å². The summed E-state index contributed by atoms with van der Waals surface area (Å²) >= 11 is 6.74. The minimum Gasteiger partial charge on any atom is -0.460 e. The molecule has 0 spiro atoms. The maximum atomic E-state index is 11.7. The number of ether oxygens (including phenoxy) is 5. The normalized spacial score (nSPS) is 24.3. The van der Waals surface area contributed by atoms with Gasteiger partial charge < -0.3 is 28.8 Å². The number of carbonyl (C=O) groups is 7. The van der Waals surface area contributed by atoms with E-state index in [2.05, 4.69) is 29.6 Å². The molecule has 95 heavy (non-hydrogen) atoms. The largest absolute Gasteiger partial charge is 0.460 e. The van der Waals surface area contributed by atoms with Crippen LogP contribution in [-0.4, -0.2) is 151 Å². The highest BCUT2D eigenvalue weighted by Crippen LogP contribution is 2.36. The van der Waals surface area contributed by atoms with Crippen molar-refractivity contribution in [3.63, 3.8) is 0 Å². The molecule has 0 unspecified atom stereocenters. The Morgan fingerprint density at radius 1 is 0.421 bits per heavy atom. The molecule has 1 N–H and O–H groups in total. The molecule has 0 radical (unpaired) electrons. The number of halogens is 1. The third-order valence-corrected chi connectivity index (χ3v) is 19.5. The topological polar surface area (TPSA) is 298 Å². The highest BCUT2D eigenvalue weighted by molar-refractivity contribution is 8.14. The van der Waals surface area contributed by atoms with Crippen molar-refractivity contribution in [1.82, 2.24) is 0 Å². The number of aliphatic hydroxyl groups excluding tert-OH is 1. The van der Waals surface area contributed by atoms with Crippen LogP contribution in [0.5, 0.6) is 0 Å². The van der Waals surface area contributed by atoms with E-state index in [4.69, 9.17) is 27.9 Å². The molecule has 0 bridgehead atoms. The van der Waals surface area contributed by atoms with Gasteiger partial charge >= 0.3 is 29.8 Å². The van der Waals surface area contributed by atoms with Crippen LogP contribution in [0.25, 0.3) is 0 Å². The van der Waals surface area contributed by atoms with E-state index in [-0.39, 0.29) is 80.6 Å². The first-order chi connectivity index (χ1) is 42.9. The Balaban J connectivity index is 0. The first kappa shape index (κ1) is 94.9. The number of thiol groups is 1. The standard InChI is InChI=1S/C14H24O3S.C13H24O5S.C13H24O4S.C13H24O2S.C12H22O3.C2H4OS.CH3ClO2S/c1-10(15)18-12-7-5-11(6-8-12)9-13(16)17-14(2,3)4;1-13(2,3)17-12(14)9-10-5-7-11(8-6-10)18-19(4,15)16;1-13(2,3)17-12(14)9-10-5-7-11(8-6-10)18(4,15)16;1-13(2,3)15-12(14)9-10-5-7-11(16-4)8-6-10;1-12(2,3)15-11(14)8-9-4-6-10(13)7-5-9;1-2(3)4;1-5(2,3)4/h11-12H,5-9H2,1-4H3;10-11H,5-9H2,1-4H3;10-11H,5-9H2,1-4H3;10-11H,5-9H2,1-4H3;9-10,13H,4-8H2,1-3H3;1H3,(H,3,4);1H3. The number of aliphatic hydroxyl groups is 1. The molecule has 0 atom stereocenters. The molecule has 0 amide bonds. The summed E-state index contributed by atoms with van der Waals surface area (Å²) in [6.07, 6.45) is 26.0. The smallest absolute Gasteiger partial charge is 0.306 e. The van der Waals surface area contributed by atoms with E-state index in [0.717, 1.165) is 94.8 Å². The Morgan fingerprint density at radius 2 is 0.642 bits per heavy atom. The van der Waals surface area contributed by atoms with E-state index in [1.165, 1.54) is 50.6 Å². The molecule has 5 rings (SSSR count). The summed E-state index contributed by atoms with van der Waals surface area (Å²) in [6, 6.07) is 0. The van der Waals surface area contributed by atoms with Crippen LogP contribution in [0.2, 0.25) is 0 Å². The van der Waals surface area contributed by atoms with Crippen LogP contribution >= 0.6 is 46.8 Å². The zero-order valence-corrected chi connectivity index (χ0v) is 67.3. The molecule has 0 saturated heterocycles. The monoisotopic (exact) mass is 1490 g/mol. The molecule has 5 aliphatic rings. The molecule has 5 saturated carbocycles. The van der Waals surface area contributed by atoms with E-state index in [1.807, 2.05) is 116 Å². The van der Waals surface area contributed by atoms with E-state index < -0.39 is 45.8 Å².